The monoisotopic (exact) mass is 439 g/mol. The second-order valence-electron chi connectivity index (χ2n) is 8.32. The van der Waals surface area contributed by atoms with E-state index in [2.05, 4.69) is 5.32 Å². The molecule has 2 aromatic carbocycles. The van der Waals surface area contributed by atoms with Gasteiger partial charge in [-0.25, -0.2) is 13.5 Å². The van der Waals surface area contributed by atoms with Crippen LogP contribution in [0.15, 0.2) is 53.7 Å². The summed E-state index contributed by atoms with van der Waals surface area (Å²) in [6, 6.07) is 10.1. The first-order chi connectivity index (χ1) is 14.8. The molecule has 2 aliphatic rings. The van der Waals surface area contributed by atoms with Gasteiger partial charge in [-0.1, -0.05) is 30.7 Å². The Kier molecular flexibility index (Phi) is 4.70. The van der Waals surface area contributed by atoms with Gasteiger partial charge < -0.3 is 5.32 Å². The Morgan fingerprint density at radius 2 is 1.77 bits per heavy atom. The molecule has 2 atom stereocenters. The molecule has 1 aliphatic heterocycles. The normalized spacial score (nSPS) is 20.4. The van der Waals surface area contributed by atoms with E-state index in [-0.39, 0.29) is 11.7 Å². The first kappa shape index (κ1) is 19.9. The number of allylic oxidation sites excluding steroid dienone is 2. The zero-order chi connectivity index (χ0) is 21.9. The van der Waals surface area contributed by atoms with Crippen molar-refractivity contribution >= 4 is 23.2 Å². The van der Waals surface area contributed by atoms with Crippen LogP contribution in [0.4, 0.5) is 14.6 Å². The molecule has 0 bridgehead atoms. The molecule has 1 N–H and O–H groups in total. The molecule has 3 aromatic rings. The van der Waals surface area contributed by atoms with E-state index in [0.29, 0.717) is 34.8 Å². The molecule has 7 heteroatoms. The summed E-state index contributed by atoms with van der Waals surface area (Å²) in [6.45, 7) is 3.90. The van der Waals surface area contributed by atoms with Gasteiger partial charge in [0.05, 0.1) is 5.69 Å². The highest BCUT2D eigenvalue weighted by Gasteiger charge is 2.39. The number of ketones is 1. The highest BCUT2D eigenvalue weighted by atomic mass is 35.5. The molecule has 0 saturated heterocycles. The summed E-state index contributed by atoms with van der Waals surface area (Å²) >= 11 is 6.06. The number of aromatic nitrogens is 2. The highest BCUT2D eigenvalue weighted by Crippen LogP contribution is 2.46. The molecular weight excluding hydrogens is 420 g/mol. The summed E-state index contributed by atoms with van der Waals surface area (Å²) in [5.41, 5.74) is 4.21. The number of nitrogens with zero attached hydrogens (tertiary/aromatic N) is 2. The van der Waals surface area contributed by atoms with Gasteiger partial charge in [0.25, 0.3) is 0 Å². The van der Waals surface area contributed by atoms with Gasteiger partial charge in [-0.2, -0.15) is 5.10 Å². The van der Waals surface area contributed by atoms with E-state index in [9.17, 15) is 13.6 Å². The Labute approximate surface area is 183 Å². The molecule has 2 heterocycles. The molecule has 0 saturated carbocycles. The lowest BCUT2D eigenvalue weighted by atomic mass is 9.81. The van der Waals surface area contributed by atoms with E-state index in [1.165, 1.54) is 12.1 Å². The number of hydrogen-bond donors (Lipinski definition) is 1. The average molecular weight is 440 g/mol. The maximum absolute atomic E-state index is 14.1. The Morgan fingerprint density at radius 3 is 2.45 bits per heavy atom. The summed E-state index contributed by atoms with van der Waals surface area (Å²) in [6.07, 6.45) is 1.08. The lowest BCUT2D eigenvalue weighted by Crippen LogP contribution is -2.33. The molecule has 158 valence electrons. The molecular formula is C24H20ClF2N3O. The number of benzene rings is 2. The predicted molar refractivity (Wildman–Crippen MR) is 116 cm³/mol. The van der Waals surface area contributed by atoms with Crippen LogP contribution in [-0.4, -0.2) is 15.6 Å². The summed E-state index contributed by atoms with van der Waals surface area (Å²) < 4.78 is 29.9. The van der Waals surface area contributed by atoms with Gasteiger partial charge in [-0.3, -0.25) is 4.79 Å². The first-order valence-electron chi connectivity index (χ1n) is 10.2. The minimum Gasteiger partial charge on any atom is -0.343 e. The number of nitrogens with one attached hydrogen (secondary N) is 1. The van der Waals surface area contributed by atoms with Crippen molar-refractivity contribution in [2.75, 3.05) is 5.32 Å². The van der Waals surface area contributed by atoms with E-state index in [1.54, 1.807) is 16.8 Å². The Hall–Kier alpha value is -2.99. The minimum atomic E-state index is -0.698. The third-order valence-electron chi connectivity index (χ3n) is 5.92. The fraction of sp³-hybridized carbons (Fsp3) is 0.250. The molecule has 0 fully saturated rings. The molecule has 31 heavy (non-hydrogen) atoms. The molecule has 0 radical (unpaired) electrons. The molecule has 5 rings (SSSR count). The second kappa shape index (κ2) is 7.31. The minimum absolute atomic E-state index is 0.0252. The number of aryl methyl sites for hydroxylation is 1. The summed E-state index contributed by atoms with van der Waals surface area (Å²) in [4.78, 5) is 13.1. The average Bonchev–Trinajstić information content (AvgIpc) is 3.01. The van der Waals surface area contributed by atoms with E-state index in [1.807, 2.05) is 26.0 Å². The standard InChI is InChI=1S/C24H20ClF2N3O/c1-12-7-19-22(20(31)8-12)23(15-9-17(26)11-18(27)10-15)30-24(28-19)21(13(2)29-30)14-3-5-16(25)6-4-14/h3-6,9-12,23,28H,7-8H2,1-2H3/t12-,23+/m1/s1. The van der Waals surface area contributed by atoms with Crippen LogP contribution in [0.25, 0.3) is 11.1 Å². The van der Waals surface area contributed by atoms with Gasteiger partial charge in [0, 0.05) is 34.3 Å². The Bertz CT molecular complexity index is 1230. The van der Waals surface area contributed by atoms with Crippen molar-refractivity contribution < 1.29 is 13.6 Å². The number of anilines is 1. The van der Waals surface area contributed by atoms with Crippen LogP contribution in [0, 0.1) is 24.5 Å². The number of carbonyl (C=O) groups is 1. The van der Waals surface area contributed by atoms with E-state index in [4.69, 9.17) is 16.7 Å². The summed E-state index contributed by atoms with van der Waals surface area (Å²) in [7, 11) is 0. The van der Waals surface area contributed by atoms with Gasteiger partial charge in [-0.05, 0) is 54.7 Å². The van der Waals surface area contributed by atoms with Crippen molar-refractivity contribution in [1.82, 2.24) is 9.78 Å². The number of Topliss-reactive ketones (excluding diaryl/α,β-unsaturated/α-hetero) is 1. The molecule has 1 aliphatic carbocycles. The summed E-state index contributed by atoms with van der Waals surface area (Å²) in [5, 5.41) is 8.76. The van der Waals surface area contributed by atoms with Gasteiger partial charge in [0.2, 0.25) is 0 Å². The highest BCUT2D eigenvalue weighted by molar-refractivity contribution is 6.30. The van der Waals surface area contributed by atoms with Gasteiger partial charge in [0.15, 0.2) is 5.78 Å². The third kappa shape index (κ3) is 3.35. The zero-order valence-corrected chi connectivity index (χ0v) is 17.8. The van der Waals surface area contributed by atoms with E-state index in [0.717, 1.165) is 28.6 Å². The maximum atomic E-state index is 14.1. The Morgan fingerprint density at radius 1 is 1.10 bits per heavy atom. The topological polar surface area (TPSA) is 46.9 Å². The number of halogens is 3. The molecule has 1 aromatic heterocycles. The van der Waals surface area contributed by atoms with Crippen LogP contribution in [0.5, 0.6) is 0 Å². The fourth-order valence-electron chi connectivity index (χ4n) is 4.68. The summed E-state index contributed by atoms with van der Waals surface area (Å²) in [5.74, 6) is -0.512. The van der Waals surface area contributed by atoms with Crippen LogP contribution in [0.3, 0.4) is 0 Å². The number of hydrogen-bond acceptors (Lipinski definition) is 3. The van der Waals surface area contributed by atoms with Crippen molar-refractivity contribution in [3.8, 4) is 11.1 Å². The van der Waals surface area contributed by atoms with Gasteiger partial charge in [-0.15, -0.1) is 0 Å². The van der Waals surface area contributed by atoms with Crippen LogP contribution in [0.2, 0.25) is 5.02 Å². The van der Waals surface area contributed by atoms with Gasteiger partial charge >= 0.3 is 0 Å². The largest absolute Gasteiger partial charge is 0.343 e. The Balaban J connectivity index is 1.76. The number of rotatable bonds is 2. The SMILES string of the molecule is Cc1nn2c(c1-c1ccc(Cl)cc1)NC1=C(C(=O)C[C@H](C)C1)[C@@H]2c1cc(F)cc(F)c1. The van der Waals surface area contributed by atoms with Crippen LogP contribution in [0.1, 0.15) is 37.1 Å². The van der Waals surface area contributed by atoms with Crippen molar-refractivity contribution in [1.29, 1.82) is 0 Å². The fourth-order valence-corrected chi connectivity index (χ4v) is 4.81. The van der Waals surface area contributed by atoms with Crippen LogP contribution < -0.4 is 5.32 Å². The maximum Gasteiger partial charge on any atom is 0.163 e. The lowest BCUT2D eigenvalue weighted by molar-refractivity contribution is -0.117. The lowest BCUT2D eigenvalue weighted by Gasteiger charge is -2.35. The van der Waals surface area contributed by atoms with Crippen molar-refractivity contribution in [3.63, 3.8) is 0 Å². The van der Waals surface area contributed by atoms with Crippen molar-refractivity contribution in [3.05, 3.63) is 81.6 Å². The molecule has 0 spiro atoms. The quantitative estimate of drug-likeness (QED) is 0.528. The smallest absolute Gasteiger partial charge is 0.163 e. The number of carbonyl (C=O) groups excluding carboxylic acids is 1. The predicted octanol–water partition coefficient (Wildman–Crippen LogP) is 6.06. The molecule has 0 unspecified atom stereocenters. The molecule has 4 nitrogen and oxygen atoms in total. The zero-order valence-electron chi connectivity index (χ0n) is 17.0. The van der Waals surface area contributed by atoms with E-state index < -0.39 is 17.7 Å². The van der Waals surface area contributed by atoms with E-state index >= 15 is 0 Å². The third-order valence-corrected chi connectivity index (χ3v) is 6.17. The second-order valence-corrected chi connectivity index (χ2v) is 8.76. The molecule has 0 amide bonds. The van der Waals surface area contributed by atoms with Crippen LogP contribution >= 0.6 is 11.6 Å². The van der Waals surface area contributed by atoms with Crippen molar-refractivity contribution in [2.24, 2.45) is 5.92 Å². The van der Waals surface area contributed by atoms with Gasteiger partial charge in [0.1, 0.15) is 23.5 Å². The van der Waals surface area contributed by atoms with Crippen molar-refractivity contribution in [2.45, 2.75) is 32.7 Å². The van der Waals surface area contributed by atoms with Crippen LogP contribution in [-0.2, 0) is 4.79 Å². The number of fused-ring (bicyclic) bond motifs is 1. The first-order valence-corrected chi connectivity index (χ1v) is 10.5.